The second-order valence-corrected chi connectivity index (χ2v) is 5.08. The van der Waals surface area contributed by atoms with E-state index in [0.717, 1.165) is 24.4 Å². The fourth-order valence-corrected chi connectivity index (χ4v) is 1.82. The molecule has 0 unspecified atom stereocenters. The van der Waals surface area contributed by atoms with E-state index in [0.29, 0.717) is 6.54 Å². The van der Waals surface area contributed by atoms with Crippen LogP contribution in [0.4, 0.5) is 0 Å². The van der Waals surface area contributed by atoms with Gasteiger partial charge in [0.1, 0.15) is 5.82 Å². The lowest BCUT2D eigenvalue weighted by Gasteiger charge is -2.02. The average molecular weight is 276 g/mol. The van der Waals surface area contributed by atoms with E-state index in [2.05, 4.69) is 30.7 Å². The van der Waals surface area contributed by atoms with Crippen molar-refractivity contribution in [3.8, 4) is 0 Å². The molecule has 7 heteroatoms. The Bertz CT molecular complexity index is 571. The topological polar surface area (TPSA) is 99.4 Å². The highest BCUT2D eigenvalue weighted by atomic mass is 16.2. The first-order valence-electron chi connectivity index (χ1n) is 6.77. The van der Waals surface area contributed by atoms with Crippen LogP contribution in [0.3, 0.4) is 0 Å². The molecule has 108 valence electrons. The fourth-order valence-electron chi connectivity index (χ4n) is 1.82. The highest BCUT2D eigenvalue weighted by Gasteiger charge is 2.13. The molecule has 2 aromatic rings. The summed E-state index contributed by atoms with van der Waals surface area (Å²) in [6.45, 7) is 6.57. The standard InChI is InChI=1S/C13H20N6O/c1-8(2)11-16-12(19-18-11)13(20)14-6-4-5-10-7-15-17-9(10)3/h7-8H,4-6H2,1-3H3,(H,14,20)(H,15,17)(H,16,18,19). The van der Waals surface area contributed by atoms with E-state index in [-0.39, 0.29) is 17.6 Å². The Morgan fingerprint density at radius 3 is 2.80 bits per heavy atom. The minimum Gasteiger partial charge on any atom is -0.349 e. The maximum absolute atomic E-state index is 11.8. The first-order chi connectivity index (χ1) is 9.58. The summed E-state index contributed by atoms with van der Waals surface area (Å²) in [6.07, 6.45) is 3.56. The molecule has 0 atom stereocenters. The van der Waals surface area contributed by atoms with Crippen LogP contribution in [0.25, 0.3) is 0 Å². The van der Waals surface area contributed by atoms with Gasteiger partial charge in [-0.15, -0.1) is 5.10 Å². The van der Waals surface area contributed by atoms with E-state index in [1.165, 1.54) is 5.56 Å². The molecule has 7 nitrogen and oxygen atoms in total. The highest BCUT2D eigenvalue weighted by molar-refractivity contribution is 5.90. The van der Waals surface area contributed by atoms with Gasteiger partial charge in [0.15, 0.2) is 0 Å². The van der Waals surface area contributed by atoms with Crippen LogP contribution in [0, 0.1) is 6.92 Å². The van der Waals surface area contributed by atoms with Crippen molar-refractivity contribution >= 4 is 5.91 Å². The lowest BCUT2D eigenvalue weighted by Crippen LogP contribution is -2.26. The number of hydrogen-bond acceptors (Lipinski definition) is 4. The molecule has 2 rings (SSSR count). The number of aromatic amines is 2. The molecule has 0 spiro atoms. The number of hydrogen-bond donors (Lipinski definition) is 3. The number of nitrogens with zero attached hydrogens (tertiary/aromatic N) is 3. The third-order valence-corrected chi connectivity index (χ3v) is 3.10. The number of aromatic nitrogens is 5. The van der Waals surface area contributed by atoms with Gasteiger partial charge in [-0.05, 0) is 25.3 Å². The van der Waals surface area contributed by atoms with Crippen molar-refractivity contribution in [2.24, 2.45) is 0 Å². The lowest BCUT2D eigenvalue weighted by molar-refractivity contribution is 0.0943. The molecule has 3 N–H and O–H groups in total. The van der Waals surface area contributed by atoms with Crippen molar-refractivity contribution in [3.05, 3.63) is 29.1 Å². The number of aryl methyl sites for hydroxylation is 2. The van der Waals surface area contributed by atoms with Crippen molar-refractivity contribution < 1.29 is 4.79 Å². The quantitative estimate of drug-likeness (QED) is 0.693. The number of carbonyl (C=O) groups is 1. The van der Waals surface area contributed by atoms with Gasteiger partial charge in [-0.2, -0.15) is 5.10 Å². The summed E-state index contributed by atoms with van der Waals surface area (Å²) in [4.78, 5) is 16.0. The molecule has 0 saturated carbocycles. The normalized spacial score (nSPS) is 11.0. The molecule has 0 aliphatic heterocycles. The van der Waals surface area contributed by atoms with Crippen LogP contribution >= 0.6 is 0 Å². The van der Waals surface area contributed by atoms with Gasteiger partial charge >= 0.3 is 0 Å². The molecule has 0 fully saturated rings. The monoisotopic (exact) mass is 276 g/mol. The number of rotatable bonds is 6. The van der Waals surface area contributed by atoms with Crippen molar-refractivity contribution in [1.29, 1.82) is 0 Å². The second-order valence-electron chi connectivity index (χ2n) is 5.08. The third kappa shape index (κ3) is 3.43. The number of H-pyrrole nitrogens is 2. The van der Waals surface area contributed by atoms with Crippen LogP contribution in [0.2, 0.25) is 0 Å². The van der Waals surface area contributed by atoms with Crippen LogP contribution in [0.1, 0.15) is 53.9 Å². The van der Waals surface area contributed by atoms with Crippen LogP contribution in [0.15, 0.2) is 6.20 Å². The Labute approximate surface area is 117 Å². The van der Waals surface area contributed by atoms with Gasteiger partial charge in [-0.3, -0.25) is 15.0 Å². The molecular formula is C13H20N6O. The van der Waals surface area contributed by atoms with Crippen molar-refractivity contribution in [2.45, 2.75) is 39.5 Å². The number of amides is 1. The fraction of sp³-hybridized carbons (Fsp3) is 0.538. The Kier molecular flexibility index (Phi) is 4.49. The number of nitrogens with one attached hydrogen (secondary N) is 3. The first-order valence-corrected chi connectivity index (χ1v) is 6.77. The number of carbonyl (C=O) groups excluding carboxylic acids is 1. The Balaban J connectivity index is 1.76. The summed E-state index contributed by atoms with van der Waals surface area (Å²) in [6, 6.07) is 0. The molecule has 20 heavy (non-hydrogen) atoms. The zero-order valence-electron chi connectivity index (χ0n) is 12.0. The summed E-state index contributed by atoms with van der Waals surface area (Å²) in [5.74, 6) is 0.919. The minimum atomic E-state index is -0.239. The van der Waals surface area contributed by atoms with Gasteiger partial charge in [0, 0.05) is 18.2 Å². The summed E-state index contributed by atoms with van der Waals surface area (Å²) in [7, 11) is 0. The van der Waals surface area contributed by atoms with Gasteiger partial charge in [0.2, 0.25) is 5.82 Å². The van der Waals surface area contributed by atoms with Gasteiger partial charge in [-0.1, -0.05) is 13.8 Å². The van der Waals surface area contributed by atoms with Crippen LogP contribution in [-0.2, 0) is 6.42 Å². The zero-order chi connectivity index (χ0) is 14.5. The molecule has 2 heterocycles. The van der Waals surface area contributed by atoms with E-state index < -0.39 is 0 Å². The first kappa shape index (κ1) is 14.2. The van der Waals surface area contributed by atoms with Gasteiger partial charge < -0.3 is 5.32 Å². The van der Waals surface area contributed by atoms with Gasteiger partial charge in [0.25, 0.3) is 5.91 Å². The molecule has 0 aliphatic carbocycles. The van der Waals surface area contributed by atoms with Crippen LogP contribution in [0.5, 0.6) is 0 Å². The molecular weight excluding hydrogens is 256 g/mol. The predicted octanol–water partition coefficient (Wildman–Crippen LogP) is 1.32. The summed E-state index contributed by atoms with van der Waals surface area (Å²) < 4.78 is 0. The summed E-state index contributed by atoms with van der Waals surface area (Å²) in [5, 5.41) is 16.4. The van der Waals surface area contributed by atoms with Crippen LogP contribution in [-0.4, -0.2) is 37.8 Å². The highest BCUT2D eigenvalue weighted by Crippen LogP contribution is 2.07. The lowest BCUT2D eigenvalue weighted by atomic mass is 10.1. The summed E-state index contributed by atoms with van der Waals surface area (Å²) >= 11 is 0. The maximum Gasteiger partial charge on any atom is 0.290 e. The maximum atomic E-state index is 11.8. The van der Waals surface area contributed by atoms with E-state index in [4.69, 9.17) is 0 Å². The molecule has 2 aromatic heterocycles. The molecule has 0 radical (unpaired) electrons. The molecule has 0 aliphatic rings. The second kappa shape index (κ2) is 6.31. The predicted molar refractivity (Wildman–Crippen MR) is 74.5 cm³/mol. The van der Waals surface area contributed by atoms with E-state index >= 15 is 0 Å². The largest absolute Gasteiger partial charge is 0.349 e. The summed E-state index contributed by atoms with van der Waals surface area (Å²) in [5.41, 5.74) is 2.26. The van der Waals surface area contributed by atoms with Crippen molar-refractivity contribution in [2.75, 3.05) is 6.54 Å². The Morgan fingerprint density at radius 1 is 1.40 bits per heavy atom. The molecule has 0 bridgehead atoms. The average Bonchev–Trinajstić information content (AvgIpc) is 3.03. The van der Waals surface area contributed by atoms with E-state index in [9.17, 15) is 4.79 Å². The minimum absolute atomic E-state index is 0.202. The van der Waals surface area contributed by atoms with Gasteiger partial charge in [-0.25, -0.2) is 4.98 Å². The van der Waals surface area contributed by atoms with Crippen LogP contribution < -0.4 is 5.32 Å². The molecule has 0 aromatic carbocycles. The Morgan fingerprint density at radius 2 is 2.20 bits per heavy atom. The van der Waals surface area contributed by atoms with Crippen molar-refractivity contribution in [1.82, 2.24) is 30.7 Å². The third-order valence-electron chi connectivity index (χ3n) is 3.10. The van der Waals surface area contributed by atoms with E-state index in [1.54, 1.807) is 0 Å². The zero-order valence-corrected chi connectivity index (χ0v) is 12.0. The van der Waals surface area contributed by atoms with E-state index in [1.807, 2.05) is 27.0 Å². The smallest absolute Gasteiger partial charge is 0.290 e. The Hall–Kier alpha value is -2.18. The SMILES string of the molecule is Cc1[nH]ncc1CCCNC(=O)c1n[nH]c(C(C)C)n1. The van der Waals surface area contributed by atoms with Crippen molar-refractivity contribution in [3.63, 3.8) is 0 Å². The molecule has 1 amide bonds. The van der Waals surface area contributed by atoms with Gasteiger partial charge in [0.05, 0.1) is 6.20 Å². The molecule has 0 saturated heterocycles.